The molecule has 2 heteroatoms. The van der Waals surface area contributed by atoms with E-state index in [2.05, 4.69) is 43.0 Å². The fourth-order valence-electron chi connectivity index (χ4n) is 2.78. The van der Waals surface area contributed by atoms with Crippen LogP contribution >= 0.6 is 0 Å². The molecule has 1 aliphatic heterocycles. The standard InChI is InChI=1S/C16H26N2/c1-3-14-4-6-15(7-5-14)12-18-10-8-16(9-11-18)13(2)17/h4-7,13,16H,3,8-12,17H2,1-2H3. The molecule has 0 aromatic heterocycles. The van der Waals surface area contributed by atoms with E-state index in [-0.39, 0.29) is 0 Å². The van der Waals surface area contributed by atoms with Crippen LogP contribution in [0.3, 0.4) is 0 Å². The Balaban J connectivity index is 1.83. The van der Waals surface area contributed by atoms with Gasteiger partial charge in [-0.2, -0.15) is 0 Å². The van der Waals surface area contributed by atoms with Crippen molar-refractivity contribution in [1.82, 2.24) is 4.90 Å². The van der Waals surface area contributed by atoms with E-state index in [9.17, 15) is 0 Å². The second-order valence-corrected chi connectivity index (χ2v) is 5.64. The summed E-state index contributed by atoms with van der Waals surface area (Å²) < 4.78 is 0. The summed E-state index contributed by atoms with van der Waals surface area (Å²) in [7, 11) is 0. The maximum Gasteiger partial charge on any atom is 0.0233 e. The van der Waals surface area contributed by atoms with Crippen molar-refractivity contribution < 1.29 is 0 Å². The predicted octanol–water partition coefficient (Wildman–Crippen LogP) is 2.81. The number of nitrogens with zero attached hydrogens (tertiary/aromatic N) is 1. The zero-order valence-corrected chi connectivity index (χ0v) is 11.7. The first-order valence-corrected chi connectivity index (χ1v) is 7.24. The van der Waals surface area contributed by atoms with Crippen LogP contribution in [0.5, 0.6) is 0 Å². The normalized spacial score (nSPS) is 19.9. The molecule has 2 nitrogen and oxygen atoms in total. The van der Waals surface area contributed by atoms with Crippen LogP contribution in [0.1, 0.15) is 37.8 Å². The van der Waals surface area contributed by atoms with Gasteiger partial charge in [0.25, 0.3) is 0 Å². The molecule has 1 saturated heterocycles. The molecular weight excluding hydrogens is 220 g/mol. The first-order chi connectivity index (χ1) is 8.69. The third-order valence-corrected chi connectivity index (χ3v) is 4.21. The van der Waals surface area contributed by atoms with Gasteiger partial charge < -0.3 is 5.73 Å². The van der Waals surface area contributed by atoms with E-state index < -0.39 is 0 Å². The number of hydrogen-bond acceptors (Lipinski definition) is 2. The van der Waals surface area contributed by atoms with Gasteiger partial charge >= 0.3 is 0 Å². The molecule has 2 N–H and O–H groups in total. The monoisotopic (exact) mass is 246 g/mol. The number of hydrogen-bond donors (Lipinski definition) is 1. The molecule has 1 fully saturated rings. The topological polar surface area (TPSA) is 29.3 Å². The minimum Gasteiger partial charge on any atom is -0.328 e. The van der Waals surface area contributed by atoms with Crippen molar-refractivity contribution in [3.63, 3.8) is 0 Å². The largest absolute Gasteiger partial charge is 0.328 e. The highest BCUT2D eigenvalue weighted by molar-refractivity contribution is 5.22. The van der Waals surface area contributed by atoms with Crippen molar-refractivity contribution in [2.24, 2.45) is 11.7 Å². The van der Waals surface area contributed by atoms with Gasteiger partial charge in [-0.1, -0.05) is 31.2 Å². The molecular formula is C16H26N2. The van der Waals surface area contributed by atoms with Crippen molar-refractivity contribution in [2.75, 3.05) is 13.1 Å². The van der Waals surface area contributed by atoms with Crippen molar-refractivity contribution in [3.05, 3.63) is 35.4 Å². The van der Waals surface area contributed by atoms with Crippen molar-refractivity contribution in [1.29, 1.82) is 0 Å². The molecule has 0 spiro atoms. The molecule has 0 aliphatic carbocycles. The summed E-state index contributed by atoms with van der Waals surface area (Å²) in [6, 6.07) is 9.41. The Hall–Kier alpha value is -0.860. The third kappa shape index (κ3) is 3.56. The number of aryl methyl sites for hydroxylation is 1. The Bertz CT molecular complexity index is 348. The van der Waals surface area contributed by atoms with Crippen LogP contribution in [0, 0.1) is 5.92 Å². The van der Waals surface area contributed by atoms with Crippen LogP contribution in [0.25, 0.3) is 0 Å². The fourth-order valence-corrected chi connectivity index (χ4v) is 2.78. The smallest absolute Gasteiger partial charge is 0.0233 e. The highest BCUT2D eigenvalue weighted by Gasteiger charge is 2.21. The van der Waals surface area contributed by atoms with Crippen LogP contribution in [-0.2, 0) is 13.0 Å². The Kier molecular flexibility index (Phi) is 4.79. The van der Waals surface area contributed by atoms with Gasteiger partial charge in [-0.25, -0.2) is 0 Å². The minimum atomic E-state index is 0.357. The Labute approximate surface area is 111 Å². The molecule has 0 bridgehead atoms. The summed E-state index contributed by atoms with van der Waals surface area (Å²) in [5.41, 5.74) is 8.84. The summed E-state index contributed by atoms with van der Waals surface area (Å²) in [5, 5.41) is 0. The zero-order chi connectivity index (χ0) is 13.0. The van der Waals surface area contributed by atoms with E-state index in [0.717, 1.165) is 18.9 Å². The van der Waals surface area contributed by atoms with E-state index >= 15 is 0 Å². The SMILES string of the molecule is CCc1ccc(CN2CCC(C(C)N)CC2)cc1. The van der Waals surface area contributed by atoms with Crippen LogP contribution < -0.4 is 5.73 Å². The molecule has 2 rings (SSSR count). The van der Waals surface area contributed by atoms with E-state index in [1.165, 1.54) is 37.1 Å². The lowest BCUT2D eigenvalue weighted by molar-refractivity contribution is 0.166. The molecule has 100 valence electrons. The maximum atomic E-state index is 5.98. The second kappa shape index (κ2) is 6.35. The van der Waals surface area contributed by atoms with E-state index in [0.29, 0.717) is 6.04 Å². The van der Waals surface area contributed by atoms with Gasteiger partial charge in [0, 0.05) is 12.6 Å². The first-order valence-electron chi connectivity index (χ1n) is 7.24. The zero-order valence-electron chi connectivity index (χ0n) is 11.7. The fraction of sp³-hybridized carbons (Fsp3) is 0.625. The average Bonchev–Trinajstić information content (AvgIpc) is 2.40. The van der Waals surface area contributed by atoms with Crippen molar-refractivity contribution in [3.8, 4) is 0 Å². The average molecular weight is 246 g/mol. The Morgan fingerprint density at radius 3 is 2.22 bits per heavy atom. The molecule has 1 aromatic rings. The molecule has 1 aliphatic rings. The Morgan fingerprint density at radius 1 is 1.17 bits per heavy atom. The van der Waals surface area contributed by atoms with Crippen LogP contribution in [0.4, 0.5) is 0 Å². The van der Waals surface area contributed by atoms with Crippen LogP contribution in [0.15, 0.2) is 24.3 Å². The summed E-state index contributed by atoms with van der Waals surface area (Å²) in [6.07, 6.45) is 3.63. The van der Waals surface area contributed by atoms with Gasteiger partial charge in [-0.15, -0.1) is 0 Å². The third-order valence-electron chi connectivity index (χ3n) is 4.21. The number of benzene rings is 1. The summed E-state index contributed by atoms with van der Waals surface area (Å²) >= 11 is 0. The second-order valence-electron chi connectivity index (χ2n) is 5.64. The minimum absolute atomic E-state index is 0.357. The van der Waals surface area contributed by atoms with Crippen LogP contribution in [-0.4, -0.2) is 24.0 Å². The molecule has 1 aromatic carbocycles. The maximum absolute atomic E-state index is 5.98. The molecule has 0 radical (unpaired) electrons. The summed E-state index contributed by atoms with van der Waals surface area (Å²) in [6.45, 7) is 7.83. The lowest BCUT2D eigenvalue weighted by Crippen LogP contribution is -2.39. The first kappa shape index (κ1) is 13.6. The van der Waals surface area contributed by atoms with Crippen molar-refractivity contribution in [2.45, 2.75) is 45.7 Å². The molecule has 0 amide bonds. The highest BCUT2D eigenvalue weighted by atomic mass is 15.1. The van der Waals surface area contributed by atoms with Gasteiger partial charge in [0.15, 0.2) is 0 Å². The van der Waals surface area contributed by atoms with Crippen LogP contribution in [0.2, 0.25) is 0 Å². The van der Waals surface area contributed by atoms with E-state index in [1.54, 1.807) is 0 Å². The lowest BCUT2D eigenvalue weighted by Gasteiger charge is -2.33. The van der Waals surface area contributed by atoms with E-state index in [4.69, 9.17) is 5.73 Å². The molecule has 18 heavy (non-hydrogen) atoms. The van der Waals surface area contributed by atoms with Gasteiger partial charge in [0.05, 0.1) is 0 Å². The molecule has 1 atom stereocenters. The molecule has 1 unspecified atom stereocenters. The van der Waals surface area contributed by atoms with E-state index in [1.807, 2.05) is 0 Å². The van der Waals surface area contributed by atoms with Crippen molar-refractivity contribution >= 4 is 0 Å². The number of likely N-dealkylation sites (tertiary alicyclic amines) is 1. The predicted molar refractivity (Wildman–Crippen MR) is 77.5 cm³/mol. The Morgan fingerprint density at radius 2 is 1.72 bits per heavy atom. The summed E-state index contributed by atoms with van der Waals surface area (Å²) in [5.74, 6) is 0.726. The van der Waals surface area contributed by atoms with Gasteiger partial charge in [-0.05, 0) is 56.3 Å². The number of piperidine rings is 1. The highest BCUT2D eigenvalue weighted by Crippen LogP contribution is 2.21. The van der Waals surface area contributed by atoms with Gasteiger partial charge in [-0.3, -0.25) is 4.90 Å². The molecule has 0 saturated carbocycles. The number of rotatable bonds is 4. The quantitative estimate of drug-likeness (QED) is 0.885. The number of nitrogens with two attached hydrogens (primary N) is 1. The lowest BCUT2D eigenvalue weighted by atomic mass is 9.91. The molecule has 1 heterocycles. The van der Waals surface area contributed by atoms with Gasteiger partial charge in [0.2, 0.25) is 0 Å². The van der Waals surface area contributed by atoms with Gasteiger partial charge in [0.1, 0.15) is 0 Å². The summed E-state index contributed by atoms with van der Waals surface area (Å²) in [4.78, 5) is 2.56.